The van der Waals surface area contributed by atoms with E-state index in [4.69, 9.17) is 23.1 Å². The molecule has 0 unspecified atom stereocenters. The monoisotopic (exact) mass is 280 g/mol. The van der Waals surface area contributed by atoms with Gasteiger partial charge in [-0.05, 0) is 38.1 Å². The molecule has 1 aromatic carbocycles. The van der Waals surface area contributed by atoms with Crippen LogP contribution in [0.3, 0.4) is 0 Å². The smallest absolute Gasteiger partial charge is 0.103 e. The molecule has 0 radical (unpaired) electrons. The van der Waals surface area contributed by atoms with Crippen LogP contribution in [-0.4, -0.2) is 35.2 Å². The molecule has 3 N–H and O–H groups in total. The van der Waals surface area contributed by atoms with E-state index in [-0.39, 0.29) is 0 Å². The highest BCUT2D eigenvalue weighted by Crippen LogP contribution is 2.09. The Bertz CT molecular complexity index is 395. The first-order valence-corrected chi connectivity index (χ1v) is 7.22. The summed E-state index contributed by atoms with van der Waals surface area (Å²) in [5.41, 5.74) is 7.81. The summed E-state index contributed by atoms with van der Waals surface area (Å²) in [6.07, 6.45) is 4.38. The lowest BCUT2D eigenvalue weighted by Crippen LogP contribution is -2.19. The molecule has 1 aromatic rings. The zero-order valence-corrected chi connectivity index (χ0v) is 12.5. The molecule has 3 nitrogen and oxygen atoms in total. The van der Waals surface area contributed by atoms with Crippen molar-refractivity contribution in [2.24, 2.45) is 5.73 Å². The van der Waals surface area contributed by atoms with Crippen molar-refractivity contribution >= 4 is 17.2 Å². The van der Waals surface area contributed by atoms with Crippen molar-refractivity contribution in [2.45, 2.75) is 32.2 Å². The van der Waals surface area contributed by atoms with E-state index in [2.05, 4.69) is 24.1 Å². The summed E-state index contributed by atoms with van der Waals surface area (Å²) in [7, 11) is 2.12. The molecular formula is C15H24N2OS. The molecule has 0 spiro atoms. The van der Waals surface area contributed by atoms with Crippen LogP contribution < -0.4 is 5.73 Å². The van der Waals surface area contributed by atoms with E-state index in [1.54, 1.807) is 0 Å². The van der Waals surface area contributed by atoms with E-state index in [9.17, 15) is 0 Å². The molecule has 0 saturated carbocycles. The van der Waals surface area contributed by atoms with E-state index in [1.807, 2.05) is 12.1 Å². The lowest BCUT2D eigenvalue weighted by atomic mass is 10.1. The van der Waals surface area contributed by atoms with Crippen LogP contribution in [0.15, 0.2) is 24.3 Å². The second-order valence-electron chi connectivity index (χ2n) is 4.94. The first-order chi connectivity index (χ1) is 9.13. The summed E-state index contributed by atoms with van der Waals surface area (Å²) < 4.78 is 0. The van der Waals surface area contributed by atoms with Crippen molar-refractivity contribution in [3.63, 3.8) is 0 Å². The fraction of sp³-hybridized carbons (Fsp3) is 0.533. The average molecular weight is 280 g/mol. The van der Waals surface area contributed by atoms with Gasteiger partial charge in [0.25, 0.3) is 0 Å². The Balaban J connectivity index is 2.33. The summed E-state index contributed by atoms with van der Waals surface area (Å²) in [5.74, 6) is 0. The molecule has 19 heavy (non-hydrogen) atoms. The maximum atomic E-state index is 8.71. The van der Waals surface area contributed by atoms with Crippen LogP contribution >= 0.6 is 12.2 Å². The van der Waals surface area contributed by atoms with Crippen LogP contribution in [0, 0.1) is 0 Å². The summed E-state index contributed by atoms with van der Waals surface area (Å²) in [6, 6.07) is 8.11. The maximum absolute atomic E-state index is 8.71. The van der Waals surface area contributed by atoms with E-state index in [0.29, 0.717) is 11.6 Å². The Labute approximate surface area is 121 Å². The van der Waals surface area contributed by atoms with Gasteiger partial charge in [0.15, 0.2) is 0 Å². The van der Waals surface area contributed by atoms with Crippen molar-refractivity contribution in [1.82, 2.24) is 4.90 Å². The number of hydrogen-bond donors (Lipinski definition) is 2. The van der Waals surface area contributed by atoms with Gasteiger partial charge in [0.05, 0.1) is 0 Å². The SMILES string of the molecule is CN(CCCCCCO)Cc1cccc(C(N)=S)c1. The largest absolute Gasteiger partial charge is 0.396 e. The highest BCUT2D eigenvalue weighted by atomic mass is 32.1. The normalized spacial score (nSPS) is 10.9. The van der Waals surface area contributed by atoms with Crippen LogP contribution in [0.25, 0.3) is 0 Å². The molecule has 0 aliphatic carbocycles. The Hall–Kier alpha value is -0.970. The summed E-state index contributed by atoms with van der Waals surface area (Å²) in [6.45, 7) is 2.29. The van der Waals surface area contributed by atoms with Crippen molar-refractivity contribution in [3.8, 4) is 0 Å². The predicted molar refractivity (Wildman–Crippen MR) is 84.2 cm³/mol. The standard InChI is InChI=1S/C15H24N2OS/c1-17(9-4-2-3-5-10-18)12-13-7-6-8-14(11-13)15(16)19/h6-8,11,18H,2-5,9-10,12H2,1H3,(H2,16,19). The minimum atomic E-state index is 0.307. The molecular weight excluding hydrogens is 256 g/mol. The van der Waals surface area contributed by atoms with E-state index >= 15 is 0 Å². The molecule has 0 aliphatic heterocycles. The lowest BCUT2D eigenvalue weighted by Gasteiger charge is -2.17. The third kappa shape index (κ3) is 6.66. The van der Waals surface area contributed by atoms with Crippen LogP contribution in [0.4, 0.5) is 0 Å². The number of unbranched alkanes of at least 4 members (excludes halogenated alkanes) is 3. The average Bonchev–Trinajstić information content (AvgIpc) is 2.38. The molecule has 0 amide bonds. The second kappa shape index (κ2) is 9.02. The zero-order chi connectivity index (χ0) is 14.1. The van der Waals surface area contributed by atoms with E-state index in [0.717, 1.165) is 31.5 Å². The third-order valence-electron chi connectivity index (χ3n) is 3.11. The molecule has 0 atom stereocenters. The van der Waals surface area contributed by atoms with Gasteiger partial charge in [-0.3, -0.25) is 0 Å². The number of thiocarbonyl (C=S) groups is 1. The number of benzene rings is 1. The molecule has 1 rings (SSSR count). The van der Waals surface area contributed by atoms with E-state index in [1.165, 1.54) is 18.4 Å². The lowest BCUT2D eigenvalue weighted by molar-refractivity contribution is 0.277. The van der Waals surface area contributed by atoms with Crippen LogP contribution in [0.2, 0.25) is 0 Å². The molecule has 106 valence electrons. The highest BCUT2D eigenvalue weighted by Gasteiger charge is 2.02. The molecule has 0 aliphatic rings. The molecule has 0 aromatic heterocycles. The maximum Gasteiger partial charge on any atom is 0.103 e. The summed E-state index contributed by atoms with van der Waals surface area (Å²) in [5, 5.41) is 8.71. The topological polar surface area (TPSA) is 49.5 Å². The zero-order valence-electron chi connectivity index (χ0n) is 11.6. The van der Waals surface area contributed by atoms with Gasteiger partial charge in [-0.1, -0.05) is 43.3 Å². The number of aliphatic hydroxyl groups excluding tert-OH is 1. The van der Waals surface area contributed by atoms with Gasteiger partial charge in [0.2, 0.25) is 0 Å². The number of hydrogen-bond acceptors (Lipinski definition) is 3. The Morgan fingerprint density at radius 3 is 2.68 bits per heavy atom. The van der Waals surface area contributed by atoms with Gasteiger partial charge in [-0.15, -0.1) is 0 Å². The van der Waals surface area contributed by atoms with Crippen LogP contribution in [0.1, 0.15) is 36.8 Å². The van der Waals surface area contributed by atoms with Crippen LogP contribution in [-0.2, 0) is 6.54 Å². The van der Waals surface area contributed by atoms with Gasteiger partial charge >= 0.3 is 0 Å². The first kappa shape index (κ1) is 16.1. The minimum Gasteiger partial charge on any atom is -0.396 e. The predicted octanol–water partition coefficient (Wildman–Crippen LogP) is 2.31. The van der Waals surface area contributed by atoms with Gasteiger partial charge in [0.1, 0.15) is 4.99 Å². The first-order valence-electron chi connectivity index (χ1n) is 6.81. The van der Waals surface area contributed by atoms with Gasteiger partial charge in [-0.2, -0.15) is 0 Å². The quantitative estimate of drug-likeness (QED) is 0.538. The summed E-state index contributed by atoms with van der Waals surface area (Å²) >= 11 is 4.99. The number of rotatable bonds is 9. The fourth-order valence-electron chi connectivity index (χ4n) is 2.06. The van der Waals surface area contributed by atoms with Crippen molar-refractivity contribution in [2.75, 3.05) is 20.2 Å². The van der Waals surface area contributed by atoms with Gasteiger partial charge in [0, 0.05) is 18.7 Å². The fourth-order valence-corrected chi connectivity index (χ4v) is 2.19. The Morgan fingerprint density at radius 2 is 2.00 bits per heavy atom. The molecule has 0 saturated heterocycles. The highest BCUT2D eigenvalue weighted by molar-refractivity contribution is 7.80. The van der Waals surface area contributed by atoms with Crippen molar-refractivity contribution in [1.29, 1.82) is 0 Å². The van der Waals surface area contributed by atoms with Crippen LogP contribution in [0.5, 0.6) is 0 Å². The minimum absolute atomic E-state index is 0.307. The molecule has 0 bridgehead atoms. The Morgan fingerprint density at radius 1 is 1.26 bits per heavy atom. The second-order valence-corrected chi connectivity index (χ2v) is 5.38. The van der Waals surface area contributed by atoms with Crippen molar-refractivity contribution in [3.05, 3.63) is 35.4 Å². The summed E-state index contributed by atoms with van der Waals surface area (Å²) in [4.78, 5) is 2.76. The number of nitrogens with zero attached hydrogens (tertiary/aromatic N) is 1. The molecule has 4 heteroatoms. The number of aliphatic hydroxyl groups is 1. The van der Waals surface area contributed by atoms with E-state index < -0.39 is 0 Å². The van der Waals surface area contributed by atoms with Gasteiger partial charge < -0.3 is 15.7 Å². The third-order valence-corrected chi connectivity index (χ3v) is 3.35. The van der Waals surface area contributed by atoms with Crippen molar-refractivity contribution < 1.29 is 5.11 Å². The molecule has 0 heterocycles. The number of nitrogens with two attached hydrogens (primary N) is 1. The van der Waals surface area contributed by atoms with Gasteiger partial charge in [-0.25, -0.2) is 0 Å². The molecule has 0 fully saturated rings. The Kier molecular flexibility index (Phi) is 7.63.